The summed E-state index contributed by atoms with van der Waals surface area (Å²) in [6.45, 7) is 0. The molecule has 1 aromatic carbocycles. The summed E-state index contributed by atoms with van der Waals surface area (Å²) in [6.07, 6.45) is 0. The molecule has 4 heteroatoms. The molecule has 58 valence electrons. The predicted molar refractivity (Wildman–Crippen MR) is 56.2 cm³/mol. The van der Waals surface area contributed by atoms with Gasteiger partial charge in [-0.3, -0.25) is 0 Å². The van der Waals surface area contributed by atoms with E-state index in [-0.39, 0.29) is 5.56 Å². The van der Waals surface area contributed by atoms with E-state index < -0.39 is 5.97 Å². The molecule has 0 saturated carbocycles. The van der Waals surface area contributed by atoms with Crippen LogP contribution in [0.1, 0.15) is 10.4 Å². The first-order valence-corrected chi connectivity index (χ1v) is 4.93. The number of carboxylic acid groups (broad SMARTS) is 1. The van der Waals surface area contributed by atoms with Gasteiger partial charge in [0.1, 0.15) is 0 Å². The van der Waals surface area contributed by atoms with Gasteiger partial charge < -0.3 is 9.90 Å². The minimum absolute atomic E-state index is 0.231. The van der Waals surface area contributed by atoms with Crippen LogP contribution in [0.25, 0.3) is 0 Å². The summed E-state index contributed by atoms with van der Waals surface area (Å²) in [5.74, 6) is -1.13. The molecule has 0 radical (unpaired) electrons. The predicted octanol–water partition coefficient (Wildman–Crippen LogP) is 1.26. The van der Waals surface area contributed by atoms with Crippen molar-refractivity contribution in [1.29, 1.82) is 0 Å². The highest BCUT2D eigenvalue weighted by molar-refractivity contribution is 14.1. The Morgan fingerprint density at radius 3 is 2.36 bits per heavy atom. The van der Waals surface area contributed by atoms with Crippen molar-refractivity contribution in [2.24, 2.45) is 0 Å². The number of halogens is 2. The Labute approximate surface area is 91.3 Å². The number of aromatic carboxylic acids is 1. The van der Waals surface area contributed by atoms with E-state index in [1.807, 2.05) is 0 Å². The summed E-state index contributed by atoms with van der Waals surface area (Å²) < 4.78 is 1.98. The van der Waals surface area contributed by atoms with Crippen LogP contribution in [0.5, 0.6) is 0 Å². The maximum Gasteiger partial charge on any atom is 0.0715 e. The van der Waals surface area contributed by atoms with Crippen LogP contribution in [0.3, 0.4) is 0 Å². The summed E-state index contributed by atoms with van der Waals surface area (Å²) in [7, 11) is 0. The Bertz CT molecular complexity index is 296. The van der Waals surface area contributed by atoms with E-state index in [4.69, 9.17) is 0 Å². The van der Waals surface area contributed by atoms with E-state index >= 15 is 0 Å². The minimum atomic E-state index is -1.13. The average Bonchev–Trinajstić information content (AvgIpc) is 1.94. The van der Waals surface area contributed by atoms with Crippen LogP contribution >= 0.6 is 45.2 Å². The number of rotatable bonds is 1. The van der Waals surface area contributed by atoms with E-state index in [1.165, 1.54) is 0 Å². The summed E-state index contributed by atoms with van der Waals surface area (Å²) in [4.78, 5) is 10.3. The number of carbonyl (C=O) groups excluding carboxylic acids is 1. The van der Waals surface area contributed by atoms with Crippen LogP contribution in [0.4, 0.5) is 0 Å². The Balaban J connectivity index is 3.15. The molecule has 0 heterocycles. The molecule has 0 atom stereocenters. The first kappa shape index (κ1) is 9.24. The monoisotopic (exact) mass is 373 g/mol. The van der Waals surface area contributed by atoms with Gasteiger partial charge in [-0.2, -0.15) is 0 Å². The Morgan fingerprint density at radius 2 is 1.91 bits per heavy atom. The largest absolute Gasteiger partial charge is 0.545 e. The van der Waals surface area contributed by atoms with Gasteiger partial charge in [0.05, 0.1) is 5.97 Å². The van der Waals surface area contributed by atoms with Crippen LogP contribution in [0, 0.1) is 7.14 Å². The zero-order valence-corrected chi connectivity index (χ0v) is 9.62. The number of hydrogen-bond donors (Lipinski definition) is 0. The minimum Gasteiger partial charge on any atom is -0.545 e. The average molecular weight is 373 g/mol. The highest BCUT2D eigenvalue weighted by Crippen LogP contribution is 2.15. The Hall–Kier alpha value is 0.150. The first-order valence-electron chi connectivity index (χ1n) is 2.77. The van der Waals surface area contributed by atoms with E-state index in [1.54, 1.807) is 18.2 Å². The highest BCUT2D eigenvalue weighted by atomic mass is 127. The van der Waals surface area contributed by atoms with Crippen molar-refractivity contribution >= 4 is 51.2 Å². The molecule has 11 heavy (non-hydrogen) atoms. The molecule has 1 rings (SSSR count). The number of carboxylic acids is 1. The van der Waals surface area contributed by atoms with Crippen LogP contribution in [0.15, 0.2) is 18.2 Å². The van der Waals surface area contributed by atoms with Crippen molar-refractivity contribution in [1.82, 2.24) is 0 Å². The summed E-state index contributed by atoms with van der Waals surface area (Å²) in [5, 5.41) is 10.3. The van der Waals surface area contributed by atoms with Gasteiger partial charge in [-0.15, -0.1) is 0 Å². The fourth-order valence-electron chi connectivity index (χ4n) is 0.623. The normalized spacial score (nSPS) is 9.64. The lowest BCUT2D eigenvalue weighted by Crippen LogP contribution is -2.22. The van der Waals surface area contributed by atoms with Gasteiger partial charge in [0.15, 0.2) is 0 Å². The van der Waals surface area contributed by atoms with Crippen molar-refractivity contribution in [3.63, 3.8) is 0 Å². The van der Waals surface area contributed by atoms with Crippen LogP contribution in [-0.2, 0) is 0 Å². The zero-order chi connectivity index (χ0) is 8.43. The number of carbonyl (C=O) groups is 1. The van der Waals surface area contributed by atoms with Gasteiger partial charge in [0.2, 0.25) is 0 Å². The third kappa shape index (κ3) is 2.29. The molecule has 0 N–H and O–H groups in total. The molecule has 0 spiro atoms. The lowest BCUT2D eigenvalue weighted by Gasteiger charge is -2.02. The molecule has 0 bridgehead atoms. The third-order valence-corrected chi connectivity index (χ3v) is 4.02. The molecule has 0 aliphatic rings. The molecular weight excluding hydrogens is 370 g/mol. The van der Waals surface area contributed by atoms with Crippen molar-refractivity contribution in [2.75, 3.05) is 0 Å². The zero-order valence-electron chi connectivity index (χ0n) is 5.30. The third-order valence-electron chi connectivity index (χ3n) is 1.16. The smallest absolute Gasteiger partial charge is 0.0715 e. The van der Waals surface area contributed by atoms with Gasteiger partial charge in [0, 0.05) is 7.14 Å². The van der Waals surface area contributed by atoms with Crippen LogP contribution in [-0.4, -0.2) is 5.97 Å². The first-order chi connectivity index (χ1) is 5.11. The molecule has 0 aromatic heterocycles. The lowest BCUT2D eigenvalue weighted by atomic mass is 10.2. The summed E-state index contributed by atoms with van der Waals surface area (Å²) >= 11 is 4.23. The van der Waals surface area contributed by atoms with E-state index in [2.05, 4.69) is 45.2 Å². The van der Waals surface area contributed by atoms with Gasteiger partial charge in [0.25, 0.3) is 0 Å². The number of benzene rings is 1. The SMILES string of the molecule is O=C([O-])c1ccc(I)c(I)c1. The van der Waals surface area contributed by atoms with E-state index in [9.17, 15) is 9.90 Å². The van der Waals surface area contributed by atoms with Gasteiger partial charge in [-0.1, -0.05) is 6.07 Å². The lowest BCUT2D eigenvalue weighted by molar-refractivity contribution is -0.255. The maximum atomic E-state index is 10.3. The molecule has 0 saturated heterocycles. The molecule has 0 fully saturated rings. The van der Waals surface area contributed by atoms with E-state index in [0.717, 1.165) is 7.14 Å². The van der Waals surface area contributed by atoms with Crippen molar-refractivity contribution in [3.8, 4) is 0 Å². The van der Waals surface area contributed by atoms with Crippen LogP contribution < -0.4 is 5.11 Å². The van der Waals surface area contributed by atoms with Gasteiger partial charge >= 0.3 is 0 Å². The molecular formula is C7H3I2O2-. The molecule has 0 aliphatic heterocycles. The fraction of sp³-hybridized carbons (Fsp3) is 0. The molecule has 1 aromatic rings. The molecule has 0 amide bonds. The van der Waals surface area contributed by atoms with Crippen molar-refractivity contribution in [3.05, 3.63) is 30.9 Å². The second-order valence-corrected chi connectivity index (χ2v) is 4.24. The van der Waals surface area contributed by atoms with Crippen LogP contribution in [0.2, 0.25) is 0 Å². The summed E-state index contributed by atoms with van der Waals surface area (Å²) in [5.41, 5.74) is 0.231. The Morgan fingerprint density at radius 1 is 1.27 bits per heavy atom. The highest BCUT2D eigenvalue weighted by Gasteiger charge is 1.97. The second kappa shape index (κ2) is 3.70. The maximum absolute atomic E-state index is 10.3. The molecule has 0 aliphatic carbocycles. The fourth-order valence-corrected chi connectivity index (χ4v) is 1.47. The molecule has 0 unspecified atom stereocenters. The summed E-state index contributed by atoms with van der Waals surface area (Å²) in [6, 6.07) is 4.89. The van der Waals surface area contributed by atoms with Crippen molar-refractivity contribution in [2.45, 2.75) is 0 Å². The van der Waals surface area contributed by atoms with Crippen molar-refractivity contribution < 1.29 is 9.90 Å². The quantitative estimate of drug-likeness (QED) is 0.696. The molecule has 2 nitrogen and oxygen atoms in total. The van der Waals surface area contributed by atoms with Gasteiger partial charge in [-0.25, -0.2) is 0 Å². The standard InChI is InChI=1S/C7H4I2O2/c8-5-2-1-4(7(10)11)3-6(5)9/h1-3H,(H,10,11)/p-1. The topological polar surface area (TPSA) is 40.1 Å². The Kier molecular flexibility index (Phi) is 3.11. The second-order valence-electron chi connectivity index (χ2n) is 1.92. The van der Waals surface area contributed by atoms with Gasteiger partial charge in [-0.05, 0) is 62.9 Å². The van der Waals surface area contributed by atoms with E-state index in [0.29, 0.717) is 0 Å². The number of hydrogen-bond acceptors (Lipinski definition) is 2.